The summed E-state index contributed by atoms with van der Waals surface area (Å²) in [5.74, 6) is 0.657. The van der Waals surface area contributed by atoms with Gasteiger partial charge in [0.2, 0.25) is 0 Å². The molecule has 18 heavy (non-hydrogen) atoms. The maximum absolute atomic E-state index is 11.2. The number of benzene rings is 1. The van der Waals surface area contributed by atoms with Crippen LogP contribution in [-0.2, 0) is 0 Å². The maximum atomic E-state index is 11.2. The van der Waals surface area contributed by atoms with Crippen LogP contribution in [0, 0.1) is 0 Å². The van der Waals surface area contributed by atoms with E-state index in [0.717, 1.165) is 36.9 Å². The number of piperidine rings is 1. The Morgan fingerprint density at radius 2 is 2.17 bits per heavy atom. The van der Waals surface area contributed by atoms with E-state index in [9.17, 15) is 9.90 Å². The first-order valence-electron chi connectivity index (χ1n) is 6.37. The Bertz CT molecular complexity index is 501. The molecule has 1 fully saturated rings. The van der Waals surface area contributed by atoms with Gasteiger partial charge in [-0.15, -0.1) is 0 Å². The number of aldehydes is 1. The molecule has 3 rings (SSSR count). The highest BCUT2D eigenvalue weighted by Crippen LogP contribution is 2.45. The summed E-state index contributed by atoms with van der Waals surface area (Å²) in [6.07, 6.45) is 3.37. The Kier molecular flexibility index (Phi) is 2.55. The molecule has 96 valence electrons. The van der Waals surface area contributed by atoms with Gasteiger partial charge in [-0.05, 0) is 43.5 Å². The number of carbonyl (C=O) groups excluding carboxylic acids is 1. The smallest absolute Gasteiger partial charge is 0.152 e. The van der Waals surface area contributed by atoms with Crippen molar-refractivity contribution >= 4 is 12.0 Å². The van der Waals surface area contributed by atoms with Crippen LogP contribution in [0.2, 0.25) is 0 Å². The molecule has 0 saturated carbocycles. The Balaban J connectivity index is 2.19. The molecule has 4 nitrogen and oxygen atoms in total. The fourth-order valence-electron chi connectivity index (χ4n) is 3.42. The number of phenols is 1. The Morgan fingerprint density at radius 1 is 1.39 bits per heavy atom. The van der Waals surface area contributed by atoms with Crippen LogP contribution in [0.3, 0.4) is 0 Å². The van der Waals surface area contributed by atoms with Crippen molar-refractivity contribution in [2.24, 2.45) is 0 Å². The third-order valence-corrected chi connectivity index (χ3v) is 4.35. The van der Waals surface area contributed by atoms with Gasteiger partial charge < -0.3 is 10.0 Å². The predicted octanol–water partition coefficient (Wildman–Crippen LogP) is 1.79. The monoisotopic (exact) mass is 246 g/mol. The summed E-state index contributed by atoms with van der Waals surface area (Å²) in [6.45, 7) is 1.06. The second-order valence-electron chi connectivity index (χ2n) is 5.38. The number of likely N-dealkylation sites (tertiary alicyclic amines) is 1. The molecule has 1 saturated heterocycles. The van der Waals surface area contributed by atoms with Gasteiger partial charge in [0, 0.05) is 19.2 Å². The van der Waals surface area contributed by atoms with E-state index in [1.54, 1.807) is 6.07 Å². The molecule has 0 radical (unpaired) electrons. The molecule has 0 spiro atoms. The number of rotatable bonds is 1. The Labute approximate surface area is 107 Å². The Morgan fingerprint density at radius 3 is 2.89 bits per heavy atom. The summed E-state index contributed by atoms with van der Waals surface area (Å²) in [5.41, 5.74) is 2.72. The zero-order valence-electron chi connectivity index (χ0n) is 10.8. The van der Waals surface area contributed by atoms with E-state index >= 15 is 0 Å². The molecule has 0 aromatic heterocycles. The lowest BCUT2D eigenvalue weighted by Gasteiger charge is -2.48. The molecule has 2 unspecified atom stereocenters. The lowest BCUT2D eigenvalue weighted by Crippen LogP contribution is -2.52. The van der Waals surface area contributed by atoms with Crippen LogP contribution in [-0.4, -0.2) is 43.1 Å². The van der Waals surface area contributed by atoms with Gasteiger partial charge in [0.25, 0.3) is 0 Å². The molecule has 1 aromatic carbocycles. The molecule has 0 amide bonds. The summed E-state index contributed by atoms with van der Waals surface area (Å²) < 4.78 is 0. The number of carbonyl (C=O) groups is 1. The average Bonchev–Trinajstić information content (AvgIpc) is 2.36. The number of nitrogens with zero attached hydrogens (tertiary/aromatic N) is 2. The van der Waals surface area contributed by atoms with E-state index in [0.29, 0.717) is 17.6 Å². The molecule has 2 heterocycles. The van der Waals surface area contributed by atoms with Crippen molar-refractivity contribution in [3.8, 4) is 5.75 Å². The van der Waals surface area contributed by atoms with E-state index in [1.807, 2.05) is 13.1 Å². The molecule has 2 aliphatic rings. The van der Waals surface area contributed by atoms with Crippen molar-refractivity contribution in [2.75, 3.05) is 25.5 Å². The van der Waals surface area contributed by atoms with E-state index in [4.69, 9.17) is 0 Å². The quantitative estimate of drug-likeness (QED) is 0.767. The van der Waals surface area contributed by atoms with Crippen LogP contribution < -0.4 is 4.90 Å². The number of aromatic hydroxyl groups is 1. The summed E-state index contributed by atoms with van der Waals surface area (Å²) in [7, 11) is 4.16. The zero-order valence-corrected chi connectivity index (χ0v) is 10.8. The number of fused-ring (bicyclic) bond motifs is 4. The van der Waals surface area contributed by atoms with Crippen LogP contribution in [0.25, 0.3) is 0 Å². The highest BCUT2D eigenvalue weighted by molar-refractivity contribution is 5.88. The van der Waals surface area contributed by atoms with Crippen molar-refractivity contribution in [1.29, 1.82) is 0 Å². The molecule has 4 heteroatoms. The third-order valence-electron chi connectivity index (χ3n) is 4.35. The predicted molar refractivity (Wildman–Crippen MR) is 70.3 cm³/mol. The third kappa shape index (κ3) is 1.52. The number of anilines is 1. The van der Waals surface area contributed by atoms with Gasteiger partial charge in [-0.3, -0.25) is 9.69 Å². The van der Waals surface area contributed by atoms with E-state index in [-0.39, 0.29) is 5.75 Å². The summed E-state index contributed by atoms with van der Waals surface area (Å²) in [5, 5.41) is 9.75. The first kappa shape index (κ1) is 11.5. The molecular formula is C14H18N2O2. The fourth-order valence-corrected chi connectivity index (χ4v) is 3.42. The second kappa shape index (κ2) is 3.99. The van der Waals surface area contributed by atoms with Crippen molar-refractivity contribution in [3.63, 3.8) is 0 Å². The van der Waals surface area contributed by atoms with Crippen LogP contribution in [0.5, 0.6) is 5.75 Å². The summed E-state index contributed by atoms with van der Waals surface area (Å²) in [4.78, 5) is 15.7. The standard InChI is InChI=1S/C14H18N2O2/c1-15-4-3-9-6-13(15)16(2)14-10(8-17)5-11(18)7-12(9)14/h5,7-9,13,18H,3-4,6H2,1-2H3. The minimum absolute atomic E-state index is 0.196. The average molecular weight is 246 g/mol. The summed E-state index contributed by atoms with van der Waals surface area (Å²) >= 11 is 0. The first-order chi connectivity index (χ1) is 8.61. The minimum Gasteiger partial charge on any atom is -0.508 e. The molecule has 2 aliphatic heterocycles. The molecule has 2 bridgehead atoms. The lowest BCUT2D eigenvalue weighted by atomic mass is 9.81. The highest BCUT2D eigenvalue weighted by atomic mass is 16.3. The van der Waals surface area contributed by atoms with Gasteiger partial charge in [-0.1, -0.05) is 0 Å². The maximum Gasteiger partial charge on any atom is 0.152 e. The van der Waals surface area contributed by atoms with Crippen LogP contribution in [0.4, 0.5) is 5.69 Å². The van der Waals surface area contributed by atoms with Crippen LogP contribution in [0.1, 0.15) is 34.7 Å². The van der Waals surface area contributed by atoms with Crippen LogP contribution in [0.15, 0.2) is 12.1 Å². The minimum atomic E-state index is 0.196. The fraction of sp³-hybridized carbons (Fsp3) is 0.500. The van der Waals surface area contributed by atoms with E-state index in [1.165, 1.54) is 0 Å². The van der Waals surface area contributed by atoms with E-state index < -0.39 is 0 Å². The number of hydrogen-bond donors (Lipinski definition) is 1. The van der Waals surface area contributed by atoms with Crippen molar-refractivity contribution in [1.82, 2.24) is 4.90 Å². The van der Waals surface area contributed by atoms with Gasteiger partial charge >= 0.3 is 0 Å². The van der Waals surface area contributed by atoms with Gasteiger partial charge in [-0.25, -0.2) is 0 Å². The molecule has 1 N–H and O–H groups in total. The van der Waals surface area contributed by atoms with Gasteiger partial charge in [0.15, 0.2) is 6.29 Å². The number of phenolic OH excluding ortho intramolecular Hbond substituents is 1. The highest BCUT2D eigenvalue weighted by Gasteiger charge is 2.37. The molecule has 0 aliphatic carbocycles. The van der Waals surface area contributed by atoms with Gasteiger partial charge in [0.1, 0.15) is 5.75 Å². The van der Waals surface area contributed by atoms with Gasteiger partial charge in [0.05, 0.1) is 11.9 Å². The molecule has 2 atom stereocenters. The largest absolute Gasteiger partial charge is 0.508 e. The zero-order chi connectivity index (χ0) is 12.9. The lowest BCUT2D eigenvalue weighted by molar-refractivity contribution is 0.112. The van der Waals surface area contributed by atoms with E-state index in [2.05, 4.69) is 16.8 Å². The van der Waals surface area contributed by atoms with Crippen molar-refractivity contribution < 1.29 is 9.90 Å². The SMILES string of the molecule is CN1CCC2CC1N(C)c1c(C=O)cc(O)cc12. The first-order valence-corrected chi connectivity index (χ1v) is 6.37. The Hall–Kier alpha value is -1.55. The van der Waals surface area contributed by atoms with Crippen molar-refractivity contribution in [3.05, 3.63) is 23.3 Å². The van der Waals surface area contributed by atoms with Gasteiger partial charge in [-0.2, -0.15) is 0 Å². The molecular weight excluding hydrogens is 228 g/mol. The van der Waals surface area contributed by atoms with Crippen molar-refractivity contribution in [2.45, 2.75) is 24.9 Å². The number of hydrogen-bond acceptors (Lipinski definition) is 4. The topological polar surface area (TPSA) is 43.8 Å². The van der Waals surface area contributed by atoms with Crippen LogP contribution >= 0.6 is 0 Å². The normalized spacial score (nSPS) is 26.9. The second-order valence-corrected chi connectivity index (χ2v) is 5.38. The molecule has 1 aromatic rings. The summed E-state index contributed by atoms with van der Waals surface area (Å²) in [6, 6.07) is 3.38.